The first-order chi connectivity index (χ1) is 13.7. The molecule has 2 fully saturated rings. The van der Waals surface area contributed by atoms with Crippen LogP contribution in [0.3, 0.4) is 0 Å². The Balaban J connectivity index is 1.42. The number of rotatable bonds is 6. The maximum absolute atomic E-state index is 12.6. The predicted octanol–water partition coefficient (Wildman–Crippen LogP) is 1.23. The lowest BCUT2D eigenvalue weighted by Gasteiger charge is -2.38. The van der Waals surface area contributed by atoms with Gasteiger partial charge in [0.05, 0.1) is 23.9 Å². The Morgan fingerprint density at radius 1 is 1.11 bits per heavy atom. The van der Waals surface area contributed by atoms with Crippen molar-refractivity contribution in [3.05, 3.63) is 29.8 Å². The van der Waals surface area contributed by atoms with Crippen molar-refractivity contribution in [3.8, 4) is 6.07 Å². The van der Waals surface area contributed by atoms with Crippen molar-refractivity contribution < 1.29 is 9.53 Å². The lowest BCUT2D eigenvalue weighted by Crippen LogP contribution is -2.53. The van der Waals surface area contributed by atoms with Gasteiger partial charge in [-0.05, 0) is 25.5 Å². The summed E-state index contributed by atoms with van der Waals surface area (Å²) in [5.41, 5.74) is 1.08. The average molecular weight is 386 g/mol. The summed E-state index contributed by atoms with van der Waals surface area (Å²) in [6, 6.07) is 9.03. The third-order valence-corrected chi connectivity index (χ3v) is 5.69. The number of benzene rings is 1. The molecule has 2 saturated heterocycles. The van der Waals surface area contributed by atoms with Crippen molar-refractivity contribution in [2.45, 2.75) is 19.4 Å². The highest BCUT2D eigenvalue weighted by atomic mass is 16.5. The molecule has 1 aromatic rings. The Morgan fingerprint density at radius 3 is 2.57 bits per heavy atom. The molecule has 2 aliphatic rings. The van der Waals surface area contributed by atoms with E-state index in [0.29, 0.717) is 11.3 Å². The molecule has 0 aliphatic carbocycles. The zero-order valence-electron chi connectivity index (χ0n) is 16.8. The molecular formula is C21H31N5O2. The van der Waals surface area contributed by atoms with E-state index in [9.17, 15) is 10.1 Å². The Bertz CT molecular complexity index is 674. The maximum atomic E-state index is 12.6. The monoisotopic (exact) mass is 385 g/mol. The standard InChI is InChI=1S/C21H31N5O2/c1-18(21(27)23-20-6-3-2-5-19(20)17-22)26-12-10-25(11-13-26)9-8-24-7-4-15-28-16-14-24/h2-3,5-6,18H,4,7-16H2,1H3,(H,23,27)/t18-/m1/s1. The number of nitriles is 1. The minimum Gasteiger partial charge on any atom is -0.380 e. The van der Waals surface area contributed by atoms with Gasteiger partial charge in [-0.25, -0.2) is 0 Å². The second kappa shape index (κ2) is 10.5. The molecule has 7 nitrogen and oxygen atoms in total. The van der Waals surface area contributed by atoms with Crippen molar-refractivity contribution in [2.24, 2.45) is 0 Å². The Labute approximate surface area is 167 Å². The van der Waals surface area contributed by atoms with Crippen LogP contribution < -0.4 is 5.32 Å². The van der Waals surface area contributed by atoms with E-state index >= 15 is 0 Å². The fourth-order valence-electron chi connectivity index (χ4n) is 3.77. The number of para-hydroxylation sites is 1. The highest BCUT2D eigenvalue weighted by Gasteiger charge is 2.26. The Hall–Kier alpha value is -1.98. The molecule has 152 valence electrons. The molecule has 0 aromatic heterocycles. The molecule has 2 heterocycles. The quantitative estimate of drug-likeness (QED) is 0.794. The molecule has 1 N–H and O–H groups in total. The van der Waals surface area contributed by atoms with E-state index in [4.69, 9.17) is 4.74 Å². The molecule has 1 aromatic carbocycles. The van der Waals surface area contributed by atoms with Crippen LogP contribution in [-0.4, -0.2) is 92.2 Å². The molecule has 28 heavy (non-hydrogen) atoms. The molecule has 1 amide bonds. The highest BCUT2D eigenvalue weighted by molar-refractivity contribution is 5.95. The van der Waals surface area contributed by atoms with Crippen LogP contribution in [0.5, 0.6) is 0 Å². The van der Waals surface area contributed by atoms with Crippen LogP contribution in [0.2, 0.25) is 0 Å². The van der Waals surface area contributed by atoms with Crippen LogP contribution in [-0.2, 0) is 9.53 Å². The molecule has 0 spiro atoms. The van der Waals surface area contributed by atoms with Gasteiger partial charge >= 0.3 is 0 Å². The zero-order valence-corrected chi connectivity index (χ0v) is 16.8. The van der Waals surface area contributed by atoms with Gasteiger partial charge in [-0.1, -0.05) is 12.1 Å². The van der Waals surface area contributed by atoms with Gasteiger partial charge in [-0.2, -0.15) is 5.26 Å². The third kappa shape index (κ3) is 5.76. The SMILES string of the molecule is C[C@H](C(=O)Nc1ccccc1C#N)N1CCN(CCN2CCCOCC2)CC1. The Morgan fingerprint density at radius 2 is 1.82 bits per heavy atom. The topological polar surface area (TPSA) is 71.8 Å². The van der Waals surface area contributed by atoms with E-state index in [0.717, 1.165) is 72.0 Å². The minimum absolute atomic E-state index is 0.0549. The summed E-state index contributed by atoms with van der Waals surface area (Å²) in [4.78, 5) is 19.8. The van der Waals surface area contributed by atoms with Gasteiger partial charge in [-0.3, -0.25) is 19.5 Å². The minimum atomic E-state index is -0.211. The molecule has 3 rings (SSSR count). The summed E-state index contributed by atoms with van der Waals surface area (Å²) in [5, 5.41) is 12.1. The van der Waals surface area contributed by atoms with Gasteiger partial charge in [0.25, 0.3) is 0 Å². The summed E-state index contributed by atoms with van der Waals surface area (Å²) in [6.07, 6.45) is 1.12. The van der Waals surface area contributed by atoms with E-state index in [1.165, 1.54) is 0 Å². The van der Waals surface area contributed by atoms with Crippen molar-refractivity contribution in [2.75, 3.05) is 70.9 Å². The fraction of sp³-hybridized carbons (Fsp3) is 0.619. The maximum Gasteiger partial charge on any atom is 0.241 e. The first kappa shape index (κ1) is 20.7. The molecule has 0 radical (unpaired) electrons. The Kier molecular flexibility index (Phi) is 7.80. The molecule has 0 unspecified atom stereocenters. The number of hydrogen-bond acceptors (Lipinski definition) is 6. The highest BCUT2D eigenvalue weighted by Crippen LogP contribution is 2.15. The van der Waals surface area contributed by atoms with Gasteiger partial charge in [0.2, 0.25) is 5.91 Å². The number of nitrogens with one attached hydrogen (secondary N) is 1. The van der Waals surface area contributed by atoms with Gasteiger partial charge in [0.15, 0.2) is 0 Å². The van der Waals surface area contributed by atoms with E-state index in [2.05, 4.69) is 26.1 Å². The average Bonchev–Trinajstić information content (AvgIpc) is 3.01. The summed E-state index contributed by atoms with van der Waals surface area (Å²) in [6.45, 7) is 11.7. The van der Waals surface area contributed by atoms with E-state index in [1.807, 2.05) is 13.0 Å². The van der Waals surface area contributed by atoms with Crippen LogP contribution in [0, 0.1) is 11.3 Å². The molecule has 0 saturated carbocycles. The second-order valence-corrected chi connectivity index (χ2v) is 7.51. The van der Waals surface area contributed by atoms with Crippen LogP contribution >= 0.6 is 0 Å². The normalized spacial score (nSPS) is 20.9. The fourth-order valence-corrected chi connectivity index (χ4v) is 3.77. The van der Waals surface area contributed by atoms with Crippen LogP contribution in [0.15, 0.2) is 24.3 Å². The summed E-state index contributed by atoms with van der Waals surface area (Å²) < 4.78 is 5.52. The summed E-state index contributed by atoms with van der Waals surface area (Å²) in [7, 11) is 0. The number of anilines is 1. The first-order valence-corrected chi connectivity index (χ1v) is 10.2. The van der Waals surface area contributed by atoms with Crippen molar-refractivity contribution in [1.82, 2.24) is 14.7 Å². The lowest BCUT2D eigenvalue weighted by molar-refractivity contribution is -0.121. The summed E-state index contributed by atoms with van der Waals surface area (Å²) in [5.74, 6) is -0.0549. The van der Waals surface area contributed by atoms with Crippen molar-refractivity contribution in [1.29, 1.82) is 5.26 Å². The van der Waals surface area contributed by atoms with Crippen molar-refractivity contribution in [3.63, 3.8) is 0 Å². The smallest absolute Gasteiger partial charge is 0.241 e. The summed E-state index contributed by atoms with van der Waals surface area (Å²) >= 11 is 0. The number of piperazine rings is 1. The van der Waals surface area contributed by atoms with Gasteiger partial charge < -0.3 is 10.1 Å². The van der Waals surface area contributed by atoms with E-state index < -0.39 is 0 Å². The largest absolute Gasteiger partial charge is 0.380 e. The number of carbonyl (C=O) groups is 1. The van der Waals surface area contributed by atoms with Crippen molar-refractivity contribution >= 4 is 11.6 Å². The van der Waals surface area contributed by atoms with E-state index in [-0.39, 0.29) is 11.9 Å². The van der Waals surface area contributed by atoms with Gasteiger partial charge in [-0.15, -0.1) is 0 Å². The molecule has 7 heteroatoms. The molecule has 2 aliphatic heterocycles. The van der Waals surface area contributed by atoms with Gasteiger partial charge in [0, 0.05) is 59.0 Å². The molecular weight excluding hydrogens is 354 g/mol. The van der Waals surface area contributed by atoms with Crippen LogP contribution in [0.4, 0.5) is 5.69 Å². The van der Waals surface area contributed by atoms with Gasteiger partial charge in [0.1, 0.15) is 6.07 Å². The zero-order chi connectivity index (χ0) is 19.8. The first-order valence-electron chi connectivity index (χ1n) is 10.2. The number of amides is 1. The number of ether oxygens (including phenoxy) is 1. The third-order valence-electron chi connectivity index (χ3n) is 5.69. The van der Waals surface area contributed by atoms with Crippen LogP contribution in [0.25, 0.3) is 0 Å². The molecule has 1 atom stereocenters. The number of hydrogen-bond donors (Lipinski definition) is 1. The van der Waals surface area contributed by atoms with E-state index in [1.54, 1.807) is 18.2 Å². The predicted molar refractivity (Wildman–Crippen MR) is 109 cm³/mol. The lowest BCUT2D eigenvalue weighted by atomic mass is 10.1. The number of carbonyl (C=O) groups excluding carboxylic acids is 1. The van der Waals surface area contributed by atoms with Crippen LogP contribution in [0.1, 0.15) is 18.9 Å². The number of nitrogens with zero attached hydrogens (tertiary/aromatic N) is 4. The second-order valence-electron chi connectivity index (χ2n) is 7.51. The molecule has 0 bridgehead atoms.